The van der Waals surface area contributed by atoms with Crippen LogP contribution >= 0.6 is 0 Å². The van der Waals surface area contributed by atoms with E-state index in [0.717, 1.165) is 0 Å². The fourth-order valence-electron chi connectivity index (χ4n) is 1.20. The normalized spacial score (nSPS) is 11.2. The van der Waals surface area contributed by atoms with Gasteiger partial charge in [-0.1, -0.05) is 0 Å². The molecule has 1 unspecified atom stereocenters. The van der Waals surface area contributed by atoms with Crippen molar-refractivity contribution >= 4 is 23.8 Å². The lowest BCUT2D eigenvalue weighted by molar-refractivity contribution is -0.159. The number of aliphatic carboxylic acids is 2. The van der Waals surface area contributed by atoms with Crippen molar-refractivity contribution in [3.8, 4) is 0 Å². The Labute approximate surface area is 121 Å². The molecule has 0 fully saturated rings. The van der Waals surface area contributed by atoms with E-state index in [-0.39, 0.29) is 12.8 Å². The first-order valence-electron chi connectivity index (χ1n) is 5.99. The molecule has 0 aliphatic heterocycles. The molecular formula is C11H21N3O7. The Morgan fingerprint density at radius 2 is 1.29 bits per heavy atom. The molecule has 0 aliphatic rings. The quantitative estimate of drug-likeness (QED) is 0.306. The van der Waals surface area contributed by atoms with Crippen molar-refractivity contribution in [1.82, 2.24) is 4.90 Å². The topological polar surface area (TPSA) is 184 Å². The third kappa shape index (κ3) is 17.8. The number of nitrogens with two attached hydrogens (primary N) is 2. The van der Waals surface area contributed by atoms with E-state index in [2.05, 4.69) is 0 Å². The van der Waals surface area contributed by atoms with Crippen molar-refractivity contribution in [2.24, 2.45) is 11.5 Å². The number of carboxylic acid groups (broad SMARTS) is 2. The van der Waals surface area contributed by atoms with Crippen LogP contribution in [0.15, 0.2) is 0 Å². The minimum Gasteiger partial charge on any atom is -0.473 e. The van der Waals surface area contributed by atoms with Gasteiger partial charge < -0.3 is 26.8 Å². The summed E-state index contributed by atoms with van der Waals surface area (Å²) in [5, 5.41) is 24.0. The third-order valence-corrected chi connectivity index (χ3v) is 2.05. The molecule has 21 heavy (non-hydrogen) atoms. The van der Waals surface area contributed by atoms with Gasteiger partial charge in [0.05, 0.1) is 6.10 Å². The summed E-state index contributed by atoms with van der Waals surface area (Å²) in [4.78, 5) is 41.1. The van der Waals surface area contributed by atoms with Gasteiger partial charge in [-0.2, -0.15) is 0 Å². The van der Waals surface area contributed by atoms with Crippen LogP contribution in [0.2, 0.25) is 0 Å². The van der Waals surface area contributed by atoms with E-state index in [1.54, 1.807) is 11.8 Å². The summed E-state index contributed by atoms with van der Waals surface area (Å²) in [6.07, 6.45) is -0.0810. The Bertz CT molecular complexity index is 341. The molecule has 0 heterocycles. The van der Waals surface area contributed by atoms with Crippen molar-refractivity contribution in [2.45, 2.75) is 25.9 Å². The molecule has 0 radical (unpaired) electrons. The zero-order chi connectivity index (χ0) is 17.0. The number of carbonyl (C=O) groups excluding carboxylic acids is 2. The molecule has 0 spiro atoms. The number of primary amides is 2. The van der Waals surface area contributed by atoms with Crippen LogP contribution in [-0.4, -0.2) is 69.7 Å². The molecule has 0 saturated heterocycles. The molecule has 1 atom stereocenters. The lowest BCUT2D eigenvalue weighted by atomic mass is 10.3. The van der Waals surface area contributed by atoms with Crippen molar-refractivity contribution in [3.63, 3.8) is 0 Å². The van der Waals surface area contributed by atoms with Crippen LogP contribution in [0.1, 0.15) is 19.8 Å². The number of hydrogen-bond donors (Lipinski definition) is 5. The highest BCUT2D eigenvalue weighted by molar-refractivity contribution is 6.27. The molecule has 7 N–H and O–H groups in total. The first-order valence-corrected chi connectivity index (χ1v) is 5.99. The van der Waals surface area contributed by atoms with Gasteiger partial charge in [0.15, 0.2) is 0 Å². The fraction of sp³-hybridized carbons (Fsp3) is 0.636. The number of amides is 2. The predicted molar refractivity (Wildman–Crippen MR) is 71.0 cm³/mol. The van der Waals surface area contributed by atoms with Gasteiger partial charge in [0.25, 0.3) is 0 Å². The van der Waals surface area contributed by atoms with Crippen molar-refractivity contribution in [2.75, 3.05) is 19.6 Å². The van der Waals surface area contributed by atoms with E-state index >= 15 is 0 Å². The standard InChI is InChI=1S/C9H19N3O3.C2H2O4/c1-7(13)6-12(4-2-8(10)14)5-3-9(11)15;3-1(4)2(5)6/h7,13H,2-6H2,1H3,(H2,10,14)(H2,11,15);(H,3,4)(H,5,6). The number of rotatable bonds is 8. The average molecular weight is 307 g/mol. The third-order valence-electron chi connectivity index (χ3n) is 2.05. The number of carboxylic acids is 2. The second-order valence-corrected chi connectivity index (χ2v) is 4.19. The summed E-state index contributed by atoms with van der Waals surface area (Å²) < 4.78 is 0. The SMILES string of the molecule is CC(O)CN(CCC(N)=O)CCC(N)=O.O=C(O)C(=O)O. The van der Waals surface area contributed by atoms with Crippen LogP contribution in [0.4, 0.5) is 0 Å². The van der Waals surface area contributed by atoms with Crippen molar-refractivity contribution in [3.05, 3.63) is 0 Å². The van der Waals surface area contributed by atoms with Gasteiger partial charge >= 0.3 is 11.9 Å². The molecular weight excluding hydrogens is 286 g/mol. The van der Waals surface area contributed by atoms with Gasteiger partial charge in [-0.3, -0.25) is 14.5 Å². The van der Waals surface area contributed by atoms with Crippen LogP contribution in [0, 0.1) is 0 Å². The molecule has 122 valence electrons. The van der Waals surface area contributed by atoms with Crippen LogP contribution in [0.25, 0.3) is 0 Å². The zero-order valence-corrected chi connectivity index (χ0v) is 11.7. The summed E-state index contributed by atoms with van der Waals surface area (Å²) in [6, 6.07) is 0. The van der Waals surface area contributed by atoms with Crippen LogP contribution in [-0.2, 0) is 19.2 Å². The maximum Gasteiger partial charge on any atom is 0.414 e. The highest BCUT2D eigenvalue weighted by Gasteiger charge is 2.10. The maximum absolute atomic E-state index is 10.6. The molecule has 0 aliphatic carbocycles. The van der Waals surface area contributed by atoms with Gasteiger partial charge in [-0.15, -0.1) is 0 Å². The van der Waals surface area contributed by atoms with E-state index in [9.17, 15) is 14.7 Å². The second-order valence-electron chi connectivity index (χ2n) is 4.19. The Hall–Kier alpha value is -2.20. The Morgan fingerprint density at radius 1 is 0.952 bits per heavy atom. The highest BCUT2D eigenvalue weighted by Crippen LogP contribution is 1.96. The van der Waals surface area contributed by atoms with E-state index in [4.69, 9.17) is 31.3 Å². The summed E-state index contributed by atoms with van der Waals surface area (Å²) >= 11 is 0. The first kappa shape index (κ1) is 21.1. The Balaban J connectivity index is 0. The molecule has 2 amide bonds. The highest BCUT2D eigenvalue weighted by atomic mass is 16.4. The van der Waals surface area contributed by atoms with Gasteiger partial charge in [-0.25, -0.2) is 9.59 Å². The first-order chi connectivity index (χ1) is 9.56. The molecule has 0 aromatic rings. The molecule has 10 heteroatoms. The number of aliphatic hydroxyl groups excluding tert-OH is 1. The van der Waals surface area contributed by atoms with Crippen LogP contribution < -0.4 is 11.5 Å². The monoisotopic (exact) mass is 307 g/mol. The summed E-state index contributed by atoms with van der Waals surface area (Å²) in [7, 11) is 0. The minimum absolute atomic E-state index is 0.214. The molecule has 0 rings (SSSR count). The predicted octanol–water partition coefficient (Wildman–Crippen LogP) is -2.42. The lowest BCUT2D eigenvalue weighted by Gasteiger charge is -2.22. The van der Waals surface area contributed by atoms with E-state index < -0.39 is 29.9 Å². The Morgan fingerprint density at radius 3 is 1.48 bits per heavy atom. The summed E-state index contributed by atoms with van der Waals surface area (Å²) in [5.41, 5.74) is 10.0. The fourth-order valence-corrected chi connectivity index (χ4v) is 1.20. The molecule has 0 aromatic carbocycles. The number of carbonyl (C=O) groups is 4. The number of aliphatic hydroxyl groups is 1. The van der Waals surface area contributed by atoms with Crippen LogP contribution in [0.5, 0.6) is 0 Å². The Kier molecular flexibility index (Phi) is 11.7. The zero-order valence-electron chi connectivity index (χ0n) is 11.7. The second kappa shape index (κ2) is 11.6. The van der Waals surface area contributed by atoms with E-state index in [1.165, 1.54) is 0 Å². The number of hydrogen-bond acceptors (Lipinski definition) is 6. The average Bonchev–Trinajstić information content (AvgIpc) is 2.32. The van der Waals surface area contributed by atoms with Gasteiger partial charge in [0.2, 0.25) is 11.8 Å². The molecule has 10 nitrogen and oxygen atoms in total. The van der Waals surface area contributed by atoms with Gasteiger partial charge in [-0.05, 0) is 6.92 Å². The molecule has 0 aromatic heterocycles. The van der Waals surface area contributed by atoms with E-state index in [0.29, 0.717) is 19.6 Å². The van der Waals surface area contributed by atoms with Crippen molar-refractivity contribution in [1.29, 1.82) is 0 Å². The minimum atomic E-state index is -1.82. The van der Waals surface area contributed by atoms with Crippen LogP contribution in [0.3, 0.4) is 0 Å². The molecule has 0 bridgehead atoms. The molecule has 0 saturated carbocycles. The lowest BCUT2D eigenvalue weighted by Crippen LogP contribution is -2.36. The number of nitrogens with zero attached hydrogens (tertiary/aromatic N) is 1. The van der Waals surface area contributed by atoms with Crippen molar-refractivity contribution < 1.29 is 34.5 Å². The largest absolute Gasteiger partial charge is 0.473 e. The van der Waals surface area contributed by atoms with Gasteiger partial charge in [0, 0.05) is 32.5 Å². The maximum atomic E-state index is 10.6. The van der Waals surface area contributed by atoms with E-state index in [1.807, 2.05) is 0 Å². The smallest absolute Gasteiger partial charge is 0.414 e. The summed E-state index contributed by atoms with van der Waals surface area (Å²) in [5.74, 6) is -4.45. The summed E-state index contributed by atoms with van der Waals surface area (Å²) in [6.45, 7) is 2.92. The van der Waals surface area contributed by atoms with Gasteiger partial charge in [0.1, 0.15) is 0 Å².